The highest BCUT2D eigenvalue weighted by Crippen LogP contribution is 2.35. The van der Waals surface area contributed by atoms with E-state index in [0.29, 0.717) is 5.92 Å². The van der Waals surface area contributed by atoms with Crippen molar-refractivity contribution in [3.8, 4) is 0 Å². The molecule has 3 rings (SSSR count). The Morgan fingerprint density at radius 3 is 2.62 bits per heavy atom. The molecule has 1 nitrogen and oxygen atoms in total. The number of fused-ring (bicyclic) bond motifs is 1. The monoisotopic (exact) mass is 213 g/mol. The van der Waals surface area contributed by atoms with Crippen LogP contribution < -0.4 is 0 Å². The molecule has 0 atom stereocenters. The SMILES string of the molecule is CC(C)c1ccc2ccn(C3CCC3)c2c1. The third-order valence-electron chi connectivity index (χ3n) is 3.88. The van der Waals surface area contributed by atoms with Crippen LogP contribution in [0.5, 0.6) is 0 Å². The van der Waals surface area contributed by atoms with Gasteiger partial charge in [-0.3, -0.25) is 0 Å². The molecular weight excluding hydrogens is 194 g/mol. The Labute approximate surface area is 97.1 Å². The van der Waals surface area contributed by atoms with Crippen LogP contribution >= 0.6 is 0 Å². The summed E-state index contributed by atoms with van der Waals surface area (Å²) in [6, 6.07) is 9.91. The van der Waals surface area contributed by atoms with E-state index < -0.39 is 0 Å². The molecule has 0 bridgehead atoms. The van der Waals surface area contributed by atoms with Crippen molar-refractivity contribution < 1.29 is 0 Å². The maximum atomic E-state index is 2.48. The summed E-state index contributed by atoms with van der Waals surface area (Å²) in [5.41, 5.74) is 2.88. The molecule has 0 spiro atoms. The summed E-state index contributed by atoms with van der Waals surface area (Å²) in [5, 5.41) is 1.39. The summed E-state index contributed by atoms with van der Waals surface area (Å²) >= 11 is 0. The average molecular weight is 213 g/mol. The minimum absolute atomic E-state index is 0.620. The molecule has 0 saturated heterocycles. The standard InChI is InChI=1S/C15H19N/c1-11(2)13-7-6-12-8-9-16(15(12)10-13)14-4-3-5-14/h6-11,14H,3-5H2,1-2H3. The molecule has 1 heterocycles. The number of aromatic nitrogens is 1. The van der Waals surface area contributed by atoms with Crippen molar-refractivity contribution in [3.63, 3.8) is 0 Å². The van der Waals surface area contributed by atoms with Gasteiger partial charge in [0.15, 0.2) is 0 Å². The number of benzene rings is 1. The fraction of sp³-hybridized carbons (Fsp3) is 0.467. The molecule has 2 aromatic rings. The lowest BCUT2D eigenvalue weighted by atomic mass is 9.92. The van der Waals surface area contributed by atoms with E-state index in [1.165, 1.54) is 35.7 Å². The molecule has 84 valence electrons. The molecule has 0 unspecified atom stereocenters. The van der Waals surface area contributed by atoms with Gasteiger partial charge in [-0.25, -0.2) is 0 Å². The van der Waals surface area contributed by atoms with Gasteiger partial charge in [0.25, 0.3) is 0 Å². The summed E-state index contributed by atoms with van der Waals surface area (Å²) < 4.78 is 2.48. The second-order valence-corrected chi connectivity index (χ2v) is 5.28. The quantitative estimate of drug-likeness (QED) is 0.692. The van der Waals surface area contributed by atoms with Crippen LogP contribution in [0.15, 0.2) is 30.5 Å². The van der Waals surface area contributed by atoms with Crippen molar-refractivity contribution in [1.29, 1.82) is 0 Å². The van der Waals surface area contributed by atoms with E-state index in [4.69, 9.17) is 0 Å². The molecule has 0 N–H and O–H groups in total. The van der Waals surface area contributed by atoms with E-state index in [9.17, 15) is 0 Å². The van der Waals surface area contributed by atoms with Crippen LogP contribution in [0.1, 0.15) is 50.6 Å². The largest absolute Gasteiger partial charge is 0.344 e. The zero-order chi connectivity index (χ0) is 11.1. The predicted molar refractivity (Wildman–Crippen MR) is 68.9 cm³/mol. The fourth-order valence-corrected chi connectivity index (χ4v) is 2.51. The van der Waals surface area contributed by atoms with Crippen LogP contribution in [0.2, 0.25) is 0 Å². The first kappa shape index (κ1) is 9.95. The molecule has 1 saturated carbocycles. The minimum Gasteiger partial charge on any atom is -0.344 e. The van der Waals surface area contributed by atoms with Gasteiger partial charge in [0, 0.05) is 17.8 Å². The maximum Gasteiger partial charge on any atom is 0.0485 e. The summed E-state index contributed by atoms with van der Waals surface area (Å²) in [6.45, 7) is 4.52. The highest BCUT2D eigenvalue weighted by molar-refractivity contribution is 5.81. The van der Waals surface area contributed by atoms with E-state index in [0.717, 1.165) is 6.04 Å². The fourth-order valence-electron chi connectivity index (χ4n) is 2.51. The van der Waals surface area contributed by atoms with E-state index in [1.807, 2.05) is 0 Å². The third-order valence-corrected chi connectivity index (χ3v) is 3.88. The van der Waals surface area contributed by atoms with Gasteiger partial charge < -0.3 is 4.57 Å². The van der Waals surface area contributed by atoms with Crippen molar-refractivity contribution in [2.24, 2.45) is 0 Å². The van der Waals surface area contributed by atoms with Gasteiger partial charge in [0.1, 0.15) is 0 Å². The van der Waals surface area contributed by atoms with Gasteiger partial charge in [-0.1, -0.05) is 26.0 Å². The number of hydrogen-bond acceptors (Lipinski definition) is 0. The first-order valence-corrected chi connectivity index (χ1v) is 6.36. The zero-order valence-corrected chi connectivity index (χ0v) is 10.1. The molecule has 1 fully saturated rings. The highest BCUT2D eigenvalue weighted by atomic mass is 15.0. The van der Waals surface area contributed by atoms with Crippen molar-refractivity contribution in [2.75, 3.05) is 0 Å². The van der Waals surface area contributed by atoms with Crippen LogP contribution in [0.3, 0.4) is 0 Å². The lowest BCUT2D eigenvalue weighted by Crippen LogP contribution is -2.15. The van der Waals surface area contributed by atoms with E-state index in [-0.39, 0.29) is 0 Å². The summed E-state index contributed by atoms with van der Waals surface area (Å²) in [4.78, 5) is 0. The lowest BCUT2D eigenvalue weighted by Gasteiger charge is -2.28. The maximum absolute atomic E-state index is 2.48. The normalized spacial score (nSPS) is 16.9. The first-order chi connectivity index (χ1) is 7.75. The molecule has 0 aliphatic heterocycles. The highest BCUT2D eigenvalue weighted by Gasteiger charge is 2.20. The number of nitrogens with zero attached hydrogens (tertiary/aromatic N) is 1. The Kier molecular flexibility index (Phi) is 2.27. The number of hydrogen-bond donors (Lipinski definition) is 0. The van der Waals surface area contributed by atoms with E-state index in [2.05, 4.69) is 48.9 Å². The van der Waals surface area contributed by atoms with Gasteiger partial charge >= 0.3 is 0 Å². The van der Waals surface area contributed by atoms with E-state index >= 15 is 0 Å². The van der Waals surface area contributed by atoms with Crippen molar-refractivity contribution >= 4 is 10.9 Å². The lowest BCUT2D eigenvalue weighted by molar-refractivity contribution is 0.321. The van der Waals surface area contributed by atoms with E-state index in [1.54, 1.807) is 0 Å². The zero-order valence-electron chi connectivity index (χ0n) is 10.1. The Morgan fingerprint density at radius 1 is 1.19 bits per heavy atom. The van der Waals surface area contributed by atoms with Gasteiger partial charge in [0.2, 0.25) is 0 Å². The second-order valence-electron chi connectivity index (χ2n) is 5.28. The van der Waals surface area contributed by atoms with Crippen LogP contribution in [-0.2, 0) is 0 Å². The van der Waals surface area contributed by atoms with Gasteiger partial charge in [-0.15, -0.1) is 0 Å². The van der Waals surface area contributed by atoms with Crippen molar-refractivity contribution in [1.82, 2.24) is 4.57 Å². The minimum atomic E-state index is 0.620. The molecule has 0 radical (unpaired) electrons. The van der Waals surface area contributed by atoms with Gasteiger partial charge in [0.05, 0.1) is 0 Å². The number of rotatable bonds is 2. The average Bonchev–Trinajstić information content (AvgIpc) is 2.59. The summed E-state index contributed by atoms with van der Waals surface area (Å²) in [5.74, 6) is 0.620. The Bertz CT molecular complexity index is 503. The summed E-state index contributed by atoms with van der Waals surface area (Å²) in [7, 11) is 0. The molecule has 0 amide bonds. The molecule has 1 aromatic carbocycles. The smallest absolute Gasteiger partial charge is 0.0485 e. The van der Waals surface area contributed by atoms with Gasteiger partial charge in [-0.05, 0) is 48.3 Å². The Hall–Kier alpha value is -1.24. The third kappa shape index (κ3) is 1.46. The molecule has 1 aromatic heterocycles. The van der Waals surface area contributed by atoms with Gasteiger partial charge in [-0.2, -0.15) is 0 Å². The molecule has 1 aliphatic carbocycles. The predicted octanol–water partition coefficient (Wildman–Crippen LogP) is 4.49. The molecule has 1 heteroatoms. The van der Waals surface area contributed by atoms with Crippen LogP contribution in [-0.4, -0.2) is 4.57 Å². The Balaban J connectivity index is 2.11. The second kappa shape index (κ2) is 3.65. The molecular formula is C15H19N. The van der Waals surface area contributed by atoms with Crippen LogP contribution in [0, 0.1) is 0 Å². The Morgan fingerprint density at radius 2 is 2.00 bits per heavy atom. The van der Waals surface area contributed by atoms with Crippen LogP contribution in [0.4, 0.5) is 0 Å². The summed E-state index contributed by atoms with van der Waals surface area (Å²) in [6.07, 6.45) is 6.37. The molecule has 1 aliphatic rings. The van der Waals surface area contributed by atoms with Crippen molar-refractivity contribution in [3.05, 3.63) is 36.0 Å². The van der Waals surface area contributed by atoms with Crippen LogP contribution in [0.25, 0.3) is 10.9 Å². The topological polar surface area (TPSA) is 4.93 Å². The first-order valence-electron chi connectivity index (χ1n) is 6.36. The van der Waals surface area contributed by atoms with Crippen molar-refractivity contribution in [2.45, 2.75) is 45.1 Å². The molecule has 16 heavy (non-hydrogen) atoms.